The molecule has 0 atom stereocenters. The first-order valence-electron chi connectivity index (χ1n) is 6.70. The van der Waals surface area contributed by atoms with Gasteiger partial charge in [0.1, 0.15) is 5.82 Å². The van der Waals surface area contributed by atoms with E-state index in [2.05, 4.69) is 46.1 Å². The zero-order valence-corrected chi connectivity index (χ0v) is 12.4. The molecule has 0 fully saturated rings. The molecule has 19 heavy (non-hydrogen) atoms. The standard InChI is InChI=1S/C15H21N3S/c1-3-16-12-14-4-6-15(7-5-14)19-11-10-18-9-8-17-13(18)2/h4-9,16H,3,10-12H2,1-2H3. The van der Waals surface area contributed by atoms with Crippen LogP contribution in [0, 0.1) is 6.92 Å². The fourth-order valence-corrected chi connectivity index (χ4v) is 2.73. The van der Waals surface area contributed by atoms with Crippen LogP contribution in [0.25, 0.3) is 0 Å². The van der Waals surface area contributed by atoms with Crippen LogP contribution in [0.5, 0.6) is 0 Å². The molecule has 4 heteroatoms. The Morgan fingerprint density at radius 1 is 1.26 bits per heavy atom. The highest BCUT2D eigenvalue weighted by atomic mass is 32.2. The van der Waals surface area contributed by atoms with Crippen molar-refractivity contribution in [2.45, 2.75) is 31.8 Å². The Kier molecular flexibility index (Phi) is 5.48. The van der Waals surface area contributed by atoms with Gasteiger partial charge in [-0.05, 0) is 31.2 Å². The van der Waals surface area contributed by atoms with Gasteiger partial charge < -0.3 is 9.88 Å². The highest BCUT2D eigenvalue weighted by Gasteiger charge is 1.98. The predicted molar refractivity (Wildman–Crippen MR) is 81.5 cm³/mol. The zero-order valence-electron chi connectivity index (χ0n) is 11.6. The molecule has 1 heterocycles. The van der Waals surface area contributed by atoms with Gasteiger partial charge in [-0.2, -0.15) is 0 Å². The number of nitrogens with zero attached hydrogens (tertiary/aromatic N) is 2. The van der Waals surface area contributed by atoms with Crippen LogP contribution in [0.2, 0.25) is 0 Å². The van der Waals surface area contributed by atoms with Crippen LogP contribution < -0.4 is 5.32 Å². The van der Waals surface area contributed by atoms with Crippen molar-refractivity contribution in [3.63, 3.8) is 0 Å². The van der Waals surface area contributed by atoms with Crippen LogP contribution in [0.4, 0.5) is 0 Å². The normalized spacial score (nSPS) is 10.8. The Morgan fingerprint density at radius 2 is 2.05 bits per heavy atom. The minimum absolute atomic E-state index is 0.954. The number of rotatable bonds is 7. The lowest BCUT2D eigenvalue weighted by Crippen LogP contribution is -2.11. The second-order valence-corrected chi connectivity index (χ2v) is 5.61. The molecule has 0 aliphatic rings. The molecule has 1 N–H and O–H groups in total. The van der Waals surface area contributed by atoms with E-state index in [0.29, 0.717) is 0 Å². The summed E-state index contributed by atoms with van der Waals surface area (Å²) in [5.41, 5.74) is 1.34. The van der Waals surface area contributed by atoms with Gasteiger partial charge in [0.2, 0.25) is 0 Å². The van der Waals surface area contributed by atoms with E-state index < -0.39 is 0 Å². The molecule has 0 aliphatic heterocycles. The van der Waals surface area contributed by atoms with E-state index in [1.807, 2.05) is 31.1 Å². The maximum absolute atomic E-state index is 4.23. The minimum atomic E-state index is 0.954. The number of hydrogen-bond donors (Lipinski definition) is 1. The van der Waals surface area contributed by atoms with Gasteiger partial charge in [-0.3, -0.25) is 0 Å². The molecule has 1 aromatic heterocycles. The quantitative estimate of drug-likeness (QED) is 0.788. The lowest BCUT2D eigenvalue weighted by atomic mass is 10.2. The molecule has 0 saturated carbocycles. The Morgan fingerprint density at radius 3 is 2.68 bits per heavy atom. The number of aryl methyl sites for hydroxylation is 2. The molecule has 0 bridgehead atoms. The van der Waals surface area contributed by atoms with E-state index in [9.17, 15) is 0 Å². The maximum atomic E-state index is 4.23. The number of hydrogen-bond acceptors (Lipinski definition) is 3. The zero-order chi connectivity index (χ0) is 13.5. The third-order valence-corrected chi connectivity index (χ3v) is 4.02. The lowest BCUT2D eigenvalue weighted by Gasteiger charge is -2.06. The van der Waals surface area contributed by atoms with Crippen molar-refractivity contribution in [2.24, 2.45) is 0 Å². The smallest absolute Gasteiger partial charge is 0.105 e. The number of thioether (sulfide) groups is 1. The maximum Gasteiger partial charge on any atom is 0.105 e. The minimum Gasteiger partial charge on any atom is -0.334 e. The summed E-state index contributed by atoms with van der Waals surface area (Å²) in [4.78, 5) is 5.56. The van der Waals surface area contributed by atoms with E-state index in [-0.39, 0.29) is 0 Å². The van der Waals surface area contributed by atoms with Crippen LogP contribution in [-0.4, -0.2) is 21.8 Å². The molecular formula is C15H21N3S. The number of nitrogens with one attached hydrogen (secondary N) is 1. The Bertz CT molecular complexity index is 490. The second kappa shape index (κ2) is 7.36. The Labute approximate surface area is 119 Å². The summed E-state index contributed by atoms with van der Waals surface area (Å²) in [5, 5.41) is 3.33. The Balaban J connectivity index is 1.78. The molecular weight excluding hydrogens is 254 g/mol. The third-order valence-electron chi connectivity index (χ3n) is 3.03. The van der Waals surface area contributed by atoms with Crippen LogP contribution >= 0.6 is 11.8 Å². The number of imidazole rings is 1. The summed E-state index contributed by atoms with van der Waals surface area (Å²) >= 11 is 1.89. The predicted octanol–water partition coefficient (Wildman–Crippen LogP) is 3.09. The van der Waals surface area contributed by atoms with Crippen molar-refractivity contribution < 1.29 is 0 Å². The van der Waals surface area contributed by atoms with E-state index in [1.54, 1.807) is 0 Å². The summed E-state index contributed by atoms with van der Waals surface area (Å²) in [7, 11) is 0. The van der Waals surface area contributed by atoms with Gasteiger partial charge >= 0.3 is 0 Å². The molecule has 3 nitrogen and oxygen atoms in total. The van der Waals surface area contributed by atoms with Crippen LogP contribution in [0.3, 0.4) is 0 Å². The van der Waals surface area contributed by atoms with Crippen molar-refractivity contribution in [1.82, 2.24) is 14.9 Å². The third kappa shape index (κ3) is 4.40. The molecule has 0 unspecified atom stereocenters. The topological polar surface area (TPSA) is 29.9 Å². The van der Waals surface area contributed by atoms with Crippen molar-refractivity contribution in [2.75, 3.05) is 12.3 Å². The molecule has 2 rings (SSSR count). The first kappa shape index (κ1) is 14.2. The monoisotopic (exact) mass is 275 g/mol. The molecule has 1 aromatic carbocycles. The molecule has 0 amide bonds. The molecule has 2 aromatic rings. The van der Waals surface area contributed by atoms with Crippen molar-refractivity contribution in [3.8, 4) is 0 Å². The average molecular weight is 275 g/mol. The molecule has 0 radical (unpaired) electrons. The summed E-state index contributed by atoms with van der Waals surface area (Å²) in [6.07, 6.45) is 3.89. The highest BCUT2D eigenvalue weighted by molar-refractivity contribution is 7.99. The van der Waals surface area contributed by atoms with Crippen LogP contribution in [0.1, 0.15) is 18.3 Å². The van der Waals surface area contributed by atoms with Gasteiger partial charge in [-0.15, -0.1) is 11.8 Å². The second-order valence-electron chi connectivity index (χ2n) is 4.44. The summed E-state index contributed by atoms with van der Waals surface area (Å²) in [6, 6.07) is 8.82. The van der Waals surface area contributed by atoms with Gasteiger partial charge in [0.15, 0.2) is 0 Å². The largest absolute Gasteiger partial charge is 0.334 e. The first-order valence-corrected chi connectivity index (χ1v) is 7.68. The van der Waals surface area contributed by atoms with Crippen LogP contribution in [0.15, 0.2) is 41.6 Å². The average Bonchev–Trinajstić information content (AvgIpc) is 2.84. The van der Waals surface area contributed by atoms with Crippen molar-refractivity contribution in [3.05, 3.63) is 48.0 Å². The summed E-state index contributed by atoms with van der Waals surface area (Å²) in [5.74, 6) is 2.16. The highest BCUT2D eigenvalue weighted by Crippen LogP contribution is 2.18. The molecule has 0 aliphatic carbocycles. The van der Waals surface area contributed by atoms with Gasteiger partial charge in [0.05, 0.1) is 0 Å². The summed E-state index contributed by atoms with van der Waals surface area (Å²) in [6.45, 7) is 7.15. The van der Waals surface area contributed by atoms with E-state index in [1.165, 1.54) is 10.5 Å². The van der Waals surface area contributed by atoms with E-state index in [4.69, 9.17) is 0 Å². The number of aromatic nitrogens is 2. The van der Waals surface area contributed by atoms with E-state index >= 15 is 0 Å². The molecule has 0 spiro atoms. The molecule has 0 saturated heterocycles. The van der Waals surface area contributed by atoms with Gasteiger partial charge in [0, 0.05) is 36.1 Å². The van der Waals surface area contributed by atoms with Crippen molar-refractivity contribution >= 4 is 11.8 Å². The van der Waals surface area contributed by atoms with Gasteiger partial charge in [0.25, 0.3) is 0 Å². The fraction of sp³-hybridized carbons (Fsp3) is 0.400. The van der Waals surface area contributed by atoms with E-state index in [0.717, 1.165) is 31.2 Å². The SMILES string of the molecule is CCNCc1ccc(SCCn2ccnc2C)cc1. The van der Waals surface area contributed by atoms with Gasteiger partial charge in [-0.25, -0.2) is 4.98 Å². The fourth-order valence-electron chi connectivity index (χ4n) is 1.87. The van der Waals surface area contributed by atoms with Gasteiger partial charge in [-0.1, -0.05) is 19.1 Å². The summed E-state index contributed by atoms with van der Waals surface area (Å²) < 4.78 is 2.19. The number of benzene rings is 1. The van der Waals surface area contributed by atoms with Crippen molar-refractivity contribution in [1.29, 1.82) is 0 Å². The van der Waals surface area contributed by atoms with Crippen LogP contribution in [-0.2, 0) is 13.1 Å². The molecule has 102 valence electrons. The first-order chi connectivity index (χ1) is 9.29. The lowest BCUT2D eigenvalue weighted by molar-refractivity contribution is 0.726. The Hall–Kier alpha value is -1.26.